The lowest BCUT2D eigenvalue weighted by atomic mass is 10.1. The number of esters is 1. The van der Waals surface area contributed by atoms with E-state index in [0.717, 1.165) is 16.8 Å². The molecule has 0 saturated carbocycles. The SMILES string of the molecule is COC(=O)c1ccc(NC(=O)c2ccnc(Nc3cc(C)ccc3C)n2)cc1. The zero-order valence-electron chi connectivity index (χ0n) is 15.8. The average Bonchev–Trinajstić information content (AvgIpc) is 2.71. The van der Waals surface area contributed by atoms with Crippen LogP contribution in [-0.4, -0.2) is 29.0 Å². The van der Waals surface area contributed by atoms with E-state index in [1.807, 2.05) is 32.0 Å². The first-order chi connectivity index (χ1) is 13.5. The van der Waals surface area contributed by atoms with E-state index in [2.05, 4.69) is 25.3 Å². The van der Waals surface area contributed by atoms with Crippen molar-refractivity contribution in [1.82, 2.24) is 9.97 Å². The van der Waals surface area contributed by atoms with Crippen LogP contribution < -0.4 is 10.6 Å². The highest BCUT2D eigenvalue weighted by Crippen LogP contribution is 2.20. The van der Waals surface area contributed by atoms with E-state index in [4.69, 9.17) is 0 Å². The van der Waals surface area contributed by atoms with Crippen LogP contribution in [0, 0.1) is 13.8 Å². The molecule has 3 rings (SSSR count). The summed E-state index contributed by atoms with van der Waals surface area (Å²) in [5.74, 6) is -0.476. The van der Waals surface area contributed by atoms with Crippen LogP contribution in [0.1, 0.15) is 32.0 Å². The Kier molecular flexibility index (Phi) is 5.64. The Morgan fingerprint density at radius 3 is 2.46 bits per heavy atom. The fourth-order valence-electron chi connectivity index (χ4n) is 2.54. The highest BCUT2D eigenvalue weighted by molar-refractivity contribution is 6.03. The van der Waals surface area contributed by atoms with E-state index >= 15 is 0 Å². The molecule has 2 aromatic carbocycles. The maximum absolute atomic E-state index is 12.5. The Morgan fingerprint density at radius 1 is 1.00 bits per heavy atom. The Balaban J connectivity index is 1.73. The quantitative estimate of drug-likeness (QED) is 0.657. The molecule has 0 bridgehead atoms. The van der Waals surface area contributed by atoms with Crippen LogP contribution in [-0.2, 0) is 4.74 Å². The first-order valence-corrected chi connectivity index (χ1v) is 8.63. The molecule has 7 nitrogen and oxygen atoms in total. The third-order valence-corrected chi connectivity index (χ3v) is 4.09. The Labute approximate surface area is 162 Å². The predicted octanol–water partition coefficient (Wildman–Crippen LogP) is 3.88. The van der Waals surface area contributed by atoms with Crippen molar-refractivity contribution in [3.8, 4) is 0 Å². The molecule has 1 amide bonds. The number of rotatable bonds is 5. The molecule has 1 heterocycles. The molecular formula is C21H20N4O3. The van der Waals surface area contributed by atoms with Crippen molar-refractivity contribution >= 4 is 29.2 Å². The number of hydrogen-bond acceptors (Lipinski definition) is 6. The number of hydrogen-bond donors (Lipinski definition) is 2. The van der Waals surface area contributed by atoms with Crippen molar-refractivity contribution < 1.29 is 14.3 Å². The Bertz CT molecular complexity index is 1020. The minimum atomic E-state index is -0.434. The van der Waals surface area contributed by atoms with Gasteiger partial charge in [0.25, 0.3) is 5.91 Å². The first-order valence-electron chi connectivity index (χ1n) is 8.63. The van der Waals surface area contributed by atoms with E-state index < -0.39 is 5.97 Å². The summed E-state index contributed by atoms with van der Waals surface area (Å²) in [6.07, 6.45) is 1.52. The third kappa shape index (κ3) is 4.50. The Hall–Kier alpha value is -3.74. The number of benzene rings is 2. The number of anilines is 3. The summed E-state index contributed by atoms with van der Waals surface area (Å²) < 4.78 is 4.65. The molecule has 0 unspecified atom stereocenters. The molecule has 0 aliphatic rings. The molecule has 28 heavy (non-hydrogen) atoms. The van der Waals surface area contributed by atoms with Gasteiger partial charge in [-0.1, -0.05) is 12.1 Å². The molecule has 0 radical (unpaired) electrons. The smallest absolute Gasteiger partial charge is 0.337 e. The number of ether oxygens (including phenoxy) is 1. The normalized spacial score (nSPS) is 10.2. The number of amides is 1. The molecule has 0 atom stereocenters. The van der Waals surface area contributed by atoms with Gasteiger partial charge in [0.05, 0.1) is 12.7 Å². The topological polar surface area (TPSA) is 93.2 Å². The number of carbonyl (C=O) groups excluding carboxylic acids is 2. The van der Waals surface area contributed by atoms with Gasteiger partial charge < -0.3 is 15.4 Å². The molecule has 0 saturated heterocycles. The molecule has 2 N–H and O–H groups in total. The van der Waals surface area contributed by atoms with Crippen molar-refractivity contribution in [3.05, 3.63) is 77.1 Å². The van der Waals surface area contributed by atoms with Gasteiger partial charge in [-0.15, -0.1) is 0 Å². The van der Waals surface area contributed by atoms with Gasteiger partial charge >= 0.3 is 5.97 Å². The van der Waals surface area contributed by atoms with E-state index in [-0.39, 0.29) is 11.6 Å². The summed E-state index contributed by atoms with van der Waals surface area (Å²) in [5.41, 5.74) is 4.21. The zero-order valence-corrected chi connectivity index (χ0v) is 15.8. The molecule has 3 aromatic rings. The second-order valence-corrected chi connectivity index (χ2v) is 6.23. The average molecular weight is 376 g/mol. The number of methoxy groups -OCH3 is 1. The van der Waals surface area contributed by atoms with Crippen LogP contribution in [0.5, 0.6) is 0 Å². The fraction of sp³-hybridized carbons (Fsp3) is 0.143. The van der Waals surface area contributed by atoms with Gasteiger partial charge in [0.2, 0.25) is 5.95 Å². The van der Waals surface area contributed by atoms with E-state index in [0.29, 0.717) is 17.2 Å². The van der Waals surface area contributed by atoms with Crippen LogP contribution in [0.2, 0.25) is 0 Å². The summed E-state index contributed by atoms with van der Waals surface area (Å²) in [7, 11) is 1.32. The van der Waals surface area contributed by atoms with Crippen LogP contribution in [0.3, 0.4) is 0 Å². The summed E-state index contributed by atoms with van der Waals surface area (Å²) >= 11 is 0. The second-order valence-electron chi connectivity index (χ2n) is 6.23. The first kappa shape index (κ1) is 19.0. The van der Waals surface area contributed by atoms with Crippen molar-refractivity contribution in [1.29, 1.82) is 0 Å². The minimum absolute atomic E-state index is 0.222. The highest BCUT2D eigenvalue weighted by Gasteiger charge is 2.11. The number of aromatic nitrogens is 2. The number of carbonyl (C=O) groups is 2. The minimum Gasteiger partial charge on any atom is -0.465 e. The van der Waals surface area contributed by atoms with Crippen LogP contribution in [0.25, 0.3) is 0 Å². The van der Waals surface area contributed by atoms with Gasteiger partial charge in [0.15, 0.2) is 0 Å². The molecule has 0 spiro atoms. The van der Waals surface area contributed by atoms with Gasteiger partial charge in [-0.2, -0.15) is 0 Å². The zero-order chi connectivity index (χ0) is 20.1. The van der Waals surface area contributed by atoms with Crippen LogP contribution in [0.4, 0.5) is 17.3 Å². The summed E-state index contributed by atoms with van der Waals surface area (Å²) in [5, 5.41) is 5.89. The van der Waals surface area contributed by atoms with Crippen molar-refractivity contribution in [2.75, 3.05) is 17.7 Å². The van der Waals surface area contributed by atoms with Crippen molar-refractivity contribution in [3.63, 3.8) is 0 Å². The van der Waals surface area contributed by atoms with E-state index in [1.54, 1.807) is 24.3 Å². The van der Waals surface area contributed by atoms with E-state index in [1.165, 1.54) is 19.4 Å². The molecule has 142 valence electrons. The summed E-state index contributed by atoms with van der Waals surface area (Å²) in [6, 6.07) is 14.0. The van der Waals surface area contributed by atoms with E-state index in [9.17, 15) is 9.59 Å². The summed E-state index contributed by atoms with van der Waals surface area (Å²) in [6.45, 7) is 3.98. The van der Waals surface area contributed by atoms with Crippen molar-refractivity contribution in [2.45, 2.75) is 13.8 Å². The lowest BCUT2D eigenvalue weighted by molar-refractivity contribution is 0.0600. The largest absolute Gasteiger partial charge is 0.465 e. The summed E-state index contributed by atoms with van der Waals surface area (Å²) in [4.78, 5) is 32.4. The molecular weight excluding hydrogens is 356 g/mol. The third-order valence-electron chi connectivity index (χ3n) is 4.09. The van der Waals surface area contributed by atoms with Crippen molar-refractivity contribution in [2.24, 2.45) is 0 Å². The molecule has 0 aliphatic heterocycles. The van der Waals surface area contributed by atoms with Gasteiger partial charge in [0.1, 0.15) is 5.69 Å². The molecule has 0 aliphatic carbocycles. The molecule has 1 aromatic heterocycles. The van der Waals surface area contributed by atoms with Gasteiger partial charge in [0, 0.05) is 17.6 Å². The maximum Gasteiger partial charge on any atom is 0.337 e. The lowest BCUT2D eigenvalue weighted by Gasteiger charge is -2.10. The number of aryl methyl sites for hydroxylation is 2. The molecule has 7 heteroatoms. The fourth-order valence-corrected chi connectivity index (χ4v) is 2.54. The number of nitrogens with zero attached hydrogens (tertiary/aromatic N) is 2. The van der Waals surface area contributed by atoms with Crippen LogP contribution >= 0.6 is 0 Å². The lowest BCUT2D eigenvalue weighted by Crippen LogP contribution is -2.15. The Morgan fingerprint density at radius 2 is 1.75 bits per heavy atom. The molecule has 0 fully saturated rings. The highest BCUT2D eigenvalue weighted by atomic mass is 16.5. The van der Waals surface area contributed by atoms with Gasteiger partial charge in [-0.25, -0.2) is 14.8 Å². The van der Waals surface area contributed by atoms with Gasteiger partial charge in [-0.3, -0.25) is 4.79 Å². The van der Waals surface area contributed by atoms with Crippen LogP contribution in [0.15, 0.2) is 54.7 Å². The maximum atomic E-state index is 12.5. The number of nitrogens with one attached hydrogen (secondary N) is 2. The standard InChI is InChI=1S/C21H20N4O3/c1-13-4-5-14(2)18(12-13)25-21-22-11-10-17(24-21)19(26)23-16-8-6-15(7-9-16)20(27)28-3/h4-12H,1-3H3,(H,23,26)(H,22,24,25). The van der Waals surface area contributed by atoms with Gasteiger partial charge in [-0.05, 0) is 61.4 Å². The monoisotopic (exact) mass is 376 g/mol. The predicted molar refractivity (Wildman–Crippen MR) is 107 cm³/mol. The second kappa shape index (κ2) is 8.30.